The Bertz CT molecular complexity index is 1070. The fourth-order valence-electron chi connectivity index (χ4n) is 4.46. The molecule has 28 heavy (non-hydrogen) atoms. The summed E-state index contributed by atoms with van der Waals surface area (Å²) >= 11 is 1.76. The molecule has 5 rings (SSSR count). The molecule has 2 aromatic carbocycles. The Morgan fingerprint density at radius 3 is 2.89 bits per heavy atom. The molecule has 2 aliphatic rings. The highest BCUT2D eigenvalue weighted by Gasteiger charge is 2.34. The van der Waals surface area contributed by atoms with Gasteiger partial charge in [0.2, 0.25) is 0 Å². The van der Waals surface area contributed by atoms with Crippen LogP contribution >= 0.6 is 11.3 Å². The van der Waals surface area contributed by atoms with E-state index in [1.807, 2.05) is 25.1 Å². The molecule has 0 saturated heterocycles. The van der Waals surface area contributed by atoms with E-state index in [1.54, 1.807) is 11.3 Å². The topological polar surface area (TPSA) is 50.4 Å². The van der Waals surface area contributed by atoms with Gasteiger partial charge in [0, 0.05) is 10.4 Å². The van der Waals surface area contributed by atoms with Crippen LogP contribution in [-0.4, -0.2) is 12.5 Å². The van der Waals surface area contributed by atoms with E-state index in [9.17, 15) is 4.79 Å². The zero-order valence-electron chi connectivity index (χ0n) is 16.2. The van der Waals surface area contributed by atoms with Crippen LogP contribution in [0.5, 0.6) is 5.75 Å². The average molecular weight is 393 g/mol. The Morgan fingerprint density at radius 1 is 1.18 bits per heavy atom. The summed E-state index contributed by atoms with van der Waals surface area (Å²) in [5.74, 6) is 1.53. The highest BCUT2D eigenvalue weighted by atomic mass is 32.1. The number of ether oxygens (including phenoxy) is 1. The first kappa shape index (κ1) is 17.6. The first-order valence-corrected chi connectivity index (χ1v) is 10.8. The first-order chi connectivity index (χ1) is 13.7. The second-order valence-corrected chi connectivity index (χ2v) is 8.84. The molecule has 0 fully saturated rings. The Hall–Kier alpha value is -2.53. The van der Waals surface area contributed by atoms with Gasteiger partial charge in [-0.15, -0.1) is 11.3 Å². The number of rotatable bonds is 3. The number of carbonyl (C=O) groups excluding carboxylic acids is 1. The first-order valence-electron chi connectivity index (χ1n) is 10.0. The molecule has 1 aliphatic carbocycles. The second-order valence-electron chi connectivity index (χ2n) is 7.74. The zero-order valence-corrected chi connectivity index (χ0v) is 17.0. The number of carbonyl (C=O) groups is 1. The molecular formula is C23H24N2O2S. The van der Waals surface area contributed by atoms with Crippen molar-refractivity contribution < 1.29 is 9.53 Å². The molecule has 3 aromatic rings. The lowest BCUT2D eigenvalue weighted by Crippen LogP contribution is -2.38. The van der Waals surface area contributed by atoms with Gasteiger partial charge >= 0.3 is 0 Å². The number of thiophene rings is 1. The van der Waals surface area contributed by atoms with Crippen molar-refractivity contribution >= 4 is 33.0 Å². The lowest BCUT2D eigenvalue weighted by atomic mass is 9.88. The van der Waals surface area contributed by atoms with E-state index in [0.29, 0.717) is 12.5 Å². The largest absolute Gasteiger partial charge is 0.493 e. The van der Waals surface area contributed by atoms with Gasteiger partial charge in [-0.1, -0.05) is 37.3 Å². The maximum absolute atomic E-state index is 13.1. The Balaban J connectivity index is 1.61. The summed E-state index contributed by atoms with van der Waals surface area (Å²) in [6, 6.07) is 12.3. The van der Waals surface area contributed by atoms with Crippen molar-refractivity contribution in [2.24, 2.45) is 5.92 Å². The molecule has 2 N–H and O–H groups in total. The molecule has 4 nitrogen and oxygen atoms in total. The van der Waals surface area contributed by atoms with Gasteiger partial charge in [-0.25, -0.2) is 0 Å². The lowest BCUT2D eigenvalue weighted by molar-refractivity contribution is 0.0935. The van der Waals surface area contributed by atoms with E-state index in [4.69, 9.17) is 4.74 Å². The van der Waals surface area contributed by atoms with Gasteiger partial charge in [-0.2, -0.15) is 0 Å². The summed E-state index contributed by atoms with van der Waals surface area (Å²) in [6.45, 7) is 4.86. The predicted molar refractivity (Wildman–Crippen MR) is 114 cm³/mol. The van der Waals surface area contributed by atoms with Gasteiger partial charge in [0.25, 0.3) is 5.91 Å². The van der Waals surface area contributed by atoms with Gasteiger partial charge in [0.1, 0.15) is 16.9 Å². The van der Waals surface area contributed by atoms with Crippen LogP contribution in [0.3, 0.4) is 0 Å². The van der Waals surface area contributed by atoms with Crippen LogP contribution in [0.15, 0.2) is 36.4 Å². The Kier molecular flexibility index (Phi) is 4.27. The van der Waals surface area contributed by atoms with Crippen molar-refractivity contribution in [2.45, 2.75) is 39.3 Å². The van der Waals surface area contributed by atoms with Crippen molar-refractivity contribution in [3.8, 4) is 5.75 Å². The van der Waals surface area contributed by atoms with Crippen molar-refractivity contribution in [3.05, 3.63) is 58.0 Å². The third-order valence-electron chi connectivity index (χ3n) is 5.81. The van der Waals surface area contributed by atoms with Crippen LogP contribution in [0.1, 0.15) is 52.8 Å². The van der Waals surface area contributed by atoms with Crippen LogP contribution < -0.4 is 15.4 Å². The minimum Gasteiger partial charge on any atom is -0.493 e. The maximum Gasteiger partial charge on any atom is 0.256 e. The van der Waals surface area contributed by atoms with Gasteiger partial charge < -0.3 is 15.4 Å². The van der Waals surface area contributed by atoms with E-state index in [1.165, 1.54) is 10.4 Å². The Labute approximate surface area is 168 Å². The molecule has 5 heteroatoms. The molecule has 2 atom stereocenters. The predicted octanol–water partition coefficient (Wildman–Crippen LogP) is 5.28. The molecule has 1 aromatic heterocycles. The van der Waals surface area contributed by atoms with Crippen LogP contribution in [0, 0.1) is 5.92 Å². The summed E-state index contributed by atoms with van der Waals surface area (Å²) in [7, 11) is 0. The molecule has 0 unspecified atom stereocenters. The maximum atomic E-state index is 13.1. The molecule has 0 radical (unpaired) electrons. The number of nitrogens with one attached hydrogen (secondary N) is 2. The highest BCUT2D eigenvalue weighted by molar-refractivity contribution is 7.16. The summed E-state index contributed by atoms with van der Waals surface area (Å²) in [4.78, 5) is 14.5. The lowest BCUT2D eigenvalue weighted by Gasteiger charge is -2.29. The smallest absolute Gasteiger partial charge is 0.256 e. The molecule has 0 spiro atoms. The van der Waals surface area contributed by atoms with Crippen LogP contribution in [0.4, 0.5) is 5.00 Å². The monoisotopic (exact) mass is 392 g/mol. The van der Waals surface area contributed by atoms with E-state index < -0.39 is 0 Å². The van der Waals surface area contributed by atoms with Crippen LogP contribution in [0.2, 0.25) is 0 Å². The summed E-state index contributed by atoms with van der Waals surface area (Å²) in [6.07, 6.45) is 2.93. The summed E-state index contributed by atoms with van der Waals surface area (Å²) in [5.41, 5.74) is 3.12. The SMILES string of the molecule is CCOc1ccc2ccccc2c1[C@@H]1NC(=O)c2c(sc3c2CC[C@H](C)C3)N1. The number of anilines is 1. The van der Waals surface area contributed by atoms with E-state index >= 15 is 0 Å². The van der Waals surface area contributed by atoms with Crippen molar-refractivity contribution in [1.82, 2.24) is 5.32 Å². The minimum atomic E-state index is -0.301. The molecular weight excluding hydrogens is 368 g/mol. The molecule has 0 saturated carbocycles. The Morgan fingerprint density at radius 2 is 2.04 bits per heavy atom. The van der Waals surface area contributed by atoms with E-state index in [0.717, 1.165) is 51.9 Å². The van der Waals surface area contributed by atoms with E-state index in [-0.39, 0.29) is 12.1 Å². The average Bonchev–Trinajstić information content (AvgIpc) is 3.05. The van der Waals surface area contributed by atoms with Crippen LogP contribution in [0.25, 0.3) is 10.8 Å². The molecule has 1 amide bonds. The van der Waals surface area contributed by atoms with Gasteiger partial charge in [-0.3, -0.25) is 4.79 Å². The molecule has 2 heterocycles. The quantitative estimate of drug-likeness (QED) is 0.638. The fraction of sp³-hybridized carbons (Fsp3) is 0.348. The number of hydrogen-bond donors (Lipinski definition) is 2. The number of hydrogen-bond acceptors (Lipinski definition) is 4. The summed E-state index contributed by atoms with van der Waals surface area (Å²) in [5, 5.41) is 10.1. The molecule has 1 aliphatic heterocycles. The van der Waals surface area contributed by atoms with Crippen LogP contribution in [-0.2, 0) is 12.8 Å². The number of amides is 1. The second kappa shape index (κ2) is 6.82. The standard InChI is InChI=1S/C23H24N2O2S/c1-3-27-17-11-9-14-6-4-5-7-15(14)19(17)21-24-22(26)20-16-10-8-13(2)12-18(16)28-23(20)25-21/h4-7,9,11,13,21,25H,3,8,10,12H2,1-2H3,(H,24,26)/t13-,21+/m0/s1. The van der Waals surface area contributed by atoms with E-state index in [2.05, 4.69) is 35.8 Å². The fourth-order valence-corrected chi connectivity index (χ4v) is 5.90. The zero-order chi connectivity index (χ0) is 19.3. The number of fused-ring (bicyclic) bond motifs is 4. The highest BCUT2D eigenvalue weighted by Crippen LogP contribution is 2.44. The molecule has 144 valence electrons. The number of benzene rings is 2. The normalized spacial score (nSPS) is 20.9. The van der Waals surface area contributed by atoms with Crippen molar-refractivity contribution in [2.75, 3.05) is 11.9 Å². The molecule has 0 bridgehead atoms. The van der Waals surface area contributed by atoms with Crippen molar-refractivity contribution in [1.29, 1.82) is 0 Å². The summed E-state index contributed by atoms with van der Waals surface area (Å²) < 4.78 is 5.93. The van der Waals surface area contributed by atoms with Gasteiger partial charge in [0.15, 0.2) is 0 Å². The van der Waals surface area contributed by atoms with Gasteiger partial charge in [-0.05, 0) is 54.5 Å². The third kappa shape index (κ3) is 2.76. The van der Waals surface area contributed by atoms with Crippen molar-refractivity contribution in [3.63, 3.8) is 0 Å². The minimum absolute atomic E-state index is 0.0289. The van der Waals surface area contributed by atoms with Gasteiger partial charge in [0.05, 0.1) is 12.2 Å². The third-order valence-corrected chi connectivity index (χ3v) is 6.99.